The average Bonchev–Trinajstić information content (AvgIpc) is 3.27. The lowest BCUT2D eigenvalue weighted by atomic mass is 10.1. The van der Waals surface area contributed by atoms with Crippen LogP contribution in [0.5, 0.6) is 11.6 Å². The zero-order chi connectivity index (χ0) is 17.9. The molecule has 1 aromatic carbocycles. The molecule has 0 radical (unpaired) electrons. The molecule has 0 unspecified atom stereocenters. The van der Waals surface area contributed by atoms with Crippen LogP contribution in [-0.2, 0) is 13.6 Å². The van der Waals surface area contributed by atoms with Crippen LogP contribution in [0.3, 0.4) is 0 Å². The quantitative estimate of drug-likeness (QED) is 0.703. The summed E-state index contributed by atoms with van der Waals surface area (Å²) in [7, 11) is 2.00. The van der Waals surface area contributed by atoms with E-state index in [4.69, 9.17) is 4.74 Å². The van der Waals surface area contributed by atoms with E-state index in [2.05, 4.69) is 19.9 Å². The van der Waals surface area contributed by atoms with Gasteiger partial charge >= 0.3 is 0 Å². The summed E-state index contributed by atoms with van der Waals surface area (Å²) in [4.78, 5) is 15.6. The fourth-order valence-electron chi connectivity index (χ4n) is 3.29. The van der Waals surface area contributed by atoms with Gasteiger partial charge in [0, 0.05) is 19.4 Å². The molecule has 3 heterocycles. The number of rotatable bonds is 5. The highest BCUT2D eigenvalue weighted by atomic mass is 19.1. The molecule has 1 atom stereocenters. The Morgan fingerprint density at radius 2 is 2.15 bits per heavy atom. The second-order valence-corrected chi connectivity index (χ2v) is 6.40. The van der Waals surface area contributed by atoms with Gasteiger partial charge < -0.3 is 9.30 Å². The molecule has 0 aliphatic carbocycles. The van der Waals surface area contributed by atoms with E-state index < -0.39 is 5.82 Å². The first-order valence-corrected chi connectivity index (χ1v) is 8.65. The second-order valence-electron chi connectivity index (χ2n) is 6.40. The summed E-state index contributed by atoms with van der Waals surface area (Å²) in [5.74, 6) is 1.05. The Morgan fingerprint density at radius 1 is 1.27 bits per heavy atom. The number of ether oxygens (including phenoxy) is 1. The summed E-state index contributed by atoms with van der Waals surface area (Å²) in [5, 5.41) is 0. The van der Waals surface area contributed by atoms with Crippen molar-refractivity contribution in [2.75, 3.05) is 6.54 Å². The van der Waals surface area contributed by atoms with Gasteiger partial charge in [-0.05, 0) is 31.5 Å². The maximum Gasteiger partial charge on any atom is 0.238 e. The molecule has 6 nitrogen and oxygen atoms in total. The van der Waals surface area contributed by atoms with Gasteiger partial charge in [0.2, 0.25) is 5.88 Å². The number of halogens is 1. The number of hydrogen-bond acceptors (Lipinski definition) is 5. The topological polar surface area (TPSA) is 56.1 Å². The molecule has 134 valence electrons. The average molecular weight is 353 g/mol. The van der Waals surface area contributed by atoms with Crippen molar-refractivity contribution in [3.8, 4) is 11.6 Å². The molecular weight excluding hydrogens is 333 g/mol. The Labute approximate surface area is 151 Å². The van der Waals surface area contributed by atoms with Gasteiger partial charge in [0.25, 0.3) is 0 Å². The van der Waals surface area contributed by atoms with Crippen LogP contribution < -0.4 is 4.74 Å². The third-order valence-electron chi connectivity index (χ3n) is 4.65. The summed E-state index contributed by atoms with van der Waals surface area (Å²) in [6, 6.07) is 6.44. The molecule has 1 aliphatic rings. The fraction of sp³-hybridized carbons (Fsp3) is 0.316. The summed E-state index contributed by atoms with van der Waals surface area (Å²) in [5.41, 5.74) is 0.838. The molecule has 2 aromatic heterocycles. The Kier molecular flexibility index (Phi) is 4.62. The number of likely N-dealkylation sites (tertiary alicyclic amines) is 1. The Hall–Kier alpha value is -2.80. The summed E-state index contributed by atoms with van der Waals surface area (Å²) < 4.78 is 21.4. The molecule has 0 N–H and O–H groups in total. The highest BCUT2D eigenvalue weighted by Gasteiger charge is 2.28. The van der Waals surface area contributed by atoms with Crippen molar-refractivity contribution >= 4 is 0 Å². The summed E-state index contributed by atoms with van der Waals surface area (Å²) in [6.07, 6.45) is 9.12. The number of nitrogens with zero attached hydrogens (tertiary/aromatic N) is 5. The van der Waals surface area contributed by atoms with Crippen LogP contribution in [0.25, 0.3) is 0 Å². The molecule has 0 saturated carbocycles. The highest BCUT2D eigenvalue weighted by Crippen LogP contribution is 2.33. The van der Waals surface area contributed by atoms with Crippen LogP contribution in [-0.4, -0.2) is 31.0 Å². The van der Waals surface area contributed by atoms with Crippen molar-refractivity contribution in [1.82, 2.24) is 24.4 Å². The third-order valence-corrected chi connectivity index (χ3v) is 4.65. The van der Waals surface area contributed by atoms with Crippen molar-refractivity contribution < 1.29 is 9.13 Å². The van der Waals surface area contributed by atoms with Gasteiger partial charge in [0.1, 0.15) is 5.82 Å². The molecule has 1 fully saturated rings. The molecule has 0 spiro atoms. The third kappa shape index (κ3) is 3.43. The van der Waals surface area contributed by atoms with Crippen LogP contribution in [0.1, 0.15) is 30.4 Å². The van der Waals surface area contributed by atoms with Crippen molar-refractivity contribution in [2.45, 2.75) is 25.4 Å². The molecule has 1 saturated heterocycles. The van der Waals surface area contributed by atoms with E-state index in [9.17, 15) is 4.39 Å². The minimum atomic E-state index is -0.419. The van der Waals surface area contributed by atoms with E-state index in [1.54, 1.807) is 24.4 Å². The van der Waals surface area contributed by atoms with Crippen LogP contribution in [0.15, 0.2) is 49.1 Å². The van der Waals surface area contributed by atoms with Gasteiger partial charge in [0.15, 0.2) is 11.6 Å². The number of benzene rings is 1. The smallest absolute Gasteiger partial charge is 0.238 e. The lowest BCUT2D eigenvalue weighted by Gasteiger charge is -2.23. The second kappa shape index (κ2) is 7.21. The van der Waals surface area contributed by atoms with Crippen LogP contribution in [0.4, 0.5) is 4.39 Å². The van der Waals surface area contributed by atoms with E-state index in [1.165, 1.54) is 12.3 Å². The van der Waals surface area contributed by atoms with Crippen LogP contribution >= 0.6 is 0 Å². The van der Waals surface area contributed by atoms with Gasteiger partial charge in [-0.2, -0.15) is 0 Å². The molecule has 1 aliphatic heterocycles. The van der Waals surface area contributed by atoms with Crippen LogP contribution in [0.2, 0.25) is 0 Å². The molecule has 0 bridgehead atoms. The fourth-order valence-corrected chi connectivity index (χ4v) is 3.29. The molecular formula is C19H20FN5O. The van der Waals surface area contributed by atoms with Gasteiger partial charge in [-0.3, -0.25) is 9.88 Å². The van der Waals surface area contributed by atoms with Gasteiger partial charge in [0.05, 0.1) is 30.7 Å². The molecule has 7 heteroatoms. The first kappa shape index (κ1) is 16.7. The largest absolute Gasteiger partial charge is 0.434 e. The number of aromatic nitrogens is 4. The number of hydrogen-bond donors (Lipinski definition) is 0. The lowest BCUT2D eigenvalue weighted by molar-refractivity contribution is 0.234. The maximum atomic E-state index is 13.8. The predicted molar refractivity (Wildman–Crippen MR) is 94.1 cm³/mol. The van der Waals surface area contributed by atoms with E-state index in [0.717, 1.165) is 37.4 Å². The summed E-state index contributed by atoms with van der Waals surface area (Å²) >= 11 is 0. The van der Waals surface area contributed by atoms with Crippen molar-refractivity contribution in [2.24, 2.45) is 7.05 Å². The summed E-state index contributed by atoms with van der Waals surface area (Å²) in [6.45, 7) is 1.74. The number of imidazole rings is 1. The van der Waals surface area contributed by atoms with Crippen molar-refractivity contribution in [3.63, 3.8) is 0 Å². The van der Waals surface area contributed by atoms with E-state index in [1.807, 2.05) is 24.0 Å². The zero-order valence-corrected chi connectivity index (χ0v) is 14.5. The maximum absolute atomic E-state index is 13.8. The van der Waals surface area contributed by atoms with Crippen LogP contribution in [0, 0.1) is 5.82 Å². The molecule has 3 aromatic rings. The highest BCUT2D eigenvalue weighted by molar-refractivity contribution is 5.28. The van der Waals surface area contributed by atoms with Crippen molar-refractivity contribution in [1.29, 1.82) is 0 Å². The van der Waals surface area contributed by atoms with Crippen molar-refractivity contribution in [3.05, 3.63) is 66.4 Å². The van der Waals surface area contributed by atoms with E-state index in [0.29, 0.717) is 5.88 Å². The normalized spacial score (nSPS) is 17.5. The van der Waals surface area contributed by atoms with E-state index in [-0.39, 0.29) is 11.8 Å². The zero-order valence-electron chi connectivity index (χ0n) is 14.5. The molecule has 26 heavy (non-hydrogen) atoms. The Balaban J connectivity index is 1.53. The minimum Gasteiger partial charge on any atom is -0.434 e. The monoisotopic (exact) mass is 353 g/mol. The SMILES string of the molecule is Cn1ccnc1CN1CCC[C@@H]1c1cncc(Oc2ccccc2F)n1. The molecule has 4 rings (SSSR count). The van der Waals surface area contributed by atoms with E-state index >= 15 is 0 Å². The minimum absolute atomic E-state index is 0.148. The number of para-hydroxylation sites is 1. The first-order chi connectivity index (χ1) is 12.7. The van der Waals surface area contributed by atoms with Gasteiger partial charge in [-0.15, -0.1) is 0 Å². The standard InChI is InChI=1S/C19H20FN5O/c1-24-10-8-22-18(24)13-25-9-4-6-16(25)15-11-21-12-19(23-15)26-17-7-3-2-5-14(17)20/h2-3,5,7-8,10-12,16H,4,6,9,13H2,1H3/t16-/m1/s1. The Morgan fingerprint density at radius 3 is 2.96 bits per heavy atom. The molecule has 0 amide bonds. The van der Waals surface area contributed by atoms with Gasteiger partial charge in [-0.25, -0.2) is 14.4 Å². The van der Waals surface area contributed by atoms with Gasteiger partial charge in [-0.1, -0.05) is 12.1 Å². The first-order valence-electron chi connectivity index (χ1n) is 8.65. The predicted octanol–water partition coefficient (Wildman–Crippen LogP) is 3.48. The lowest BCUT2D eigenvalue weighted by Crippen LogP contribution is -2.25. The number of aryl methyl sites for hydroxylation is 1. The Bertz CT molecular complexity index is 897.